The van der Waals surface area contributed by atoms with Gasteiger partial charge in [0.15, 0.2) is 0 Å². The van der Waals surface area contributed by atoms with Crippen LogP contribution in [0.25, 0.3) is 16.9 Å². The van der Waals surface area contributed by atoms with Crippen molar-refractivity contribution in [1.82, 2.24) is 14.5 Å². The van der Waals surface area contributed by atoms with Gasteiger partial charge in [-0.1, -0.05) is 0 Å². The number of nitrogens with one attached hydrogen (secondary N) is 2. The minimum absolute atomic E-state index is 0.0191. The van der Waals surface area contributed by atoms with Crippen LogP contribution >= 0.6 is 0 Å². The predicted molar refractivity (Wildman–Crippen MR) is 154 cm³/mol. The highest BCUT2D eigenvalue weighted by Crippen LogP contribution is 2.32. The molecule has 0 saturated heterocycles. The van der Waals surface area contributed by atoms with Crippen LogP contribution in [0.1, 0.15) is 17.3 Å². The van der Waals surface area contributed by atoms with Crippen LogP contribution in [0.2, 0.25) is 0 Å². The maximum atomic E-state index is 15.1. The number of hydrogen-bond acceptors (Lipinski definition) is 8. The highest BCUT2D eigenvalue weighted by atomic mass is 19.1. The van der Waals surface area contributed by atoms with Crippen molar-refractivity contribution in [2.45, 2.75) is 6.92 Å². The Morgan fingerprint density at radius 1 is 1.02 bits per heavy atom. The molecule has 0 aliphatic heterocycles. The van der Waals surface area contributed by atoms with Gasteiger partial charge in [0.25, 0.3) is 11.5 Å². The summed E-state index contributed by atoms with van der Waals surface area (Å²) >= 11 is 0. The molecule has 5 aromatic rings. The molecule has 0 atom stereocenters. The number of carbonyl (C=O) groups is 1. The van der Waals surface area contributed by atoms with Gasteiger partial charge in [0, 0.05) is 35.0 Å². The van der Waals surface area contributed by atoms with Crippen molar-refractivity contribution in [2.24, 2.45) is 0 Å². The van der Waals surface area contributed by atoms with E-state index in [-0.39, 0.29) is 35.3 Å². The van der Waals surface area contributed by atoms with Gasteiger partial charge in [-0.3, -0.25) is 14.2 Å². The Hall–Kier alpha value is -5.78. The SMILES string of the molecule is CCOc1ccn(-c2ccc(F)cc2)c(=O)c1C(=O)Nc1ccc(Nc2ccc(O)c(-c3ccnc(N)n3)c2)cc1F. The molecule has 0 unspecified atom stereocenters. The molecule has 5 rings (SSSR count). The molecule has 0 spiro atoms. The van der Waals surface area contributed by atoms with E-state index in [1.165, 1.54) is 65.5 Å². The molecule has 2 aromatic heterocycles. The number of aromatic nitrogens is 3. The first-order chi connectivity index (χ1) is 20.2. The minimum Gasteiger partial charge on any atom is -0.507 e. The van der Waals surface area contributed by atoms with Crippen LogP contribution in [0.5, 0.6) is 11.5 Å². The fourth-order valence-corrected chi connectivity index (χ4v) is 4.20. The Balaban J connectivity index is 1.39. The molecular weight excluding hydrogens is 546 g/mol. The number of benzene rings is 3. The molecule has 0 saturated carbocycles. The maximum Gasteiger partial charge on any atom is 0.271 e. The van der Waals surface area contributed by atoms with Gasteiger partial charge in [-0.05, 0) is 79.7 Å². The fraction of sp³-hybridized carbons (Fsp3) is 0.0667. The van der Waals surface area contributed by atoms with Crippen molar-refractivity contribution in [3.63, 3.8) is 0 Å². The van der Waals surface area contributed by atoms with E-state index in [1.807, 2.05) is 0 Å². The van der Waals surface area contributed by atoms with Crippen molar-refractivity contribution in [3.8, 4) is 28.4 Å². The summed E-state index contributed by atoms with van der Waals surface area (Å²) in [6, 6.07) is 16.9. The van der Waals surface area contributed by atoms with Gasteiger partial charge in [-0.2, -0.15) is 0 Å². The first kappa shape index (κ1) is 27.8. The lowest BCUT2D eigenvalue weighted by Crippen LogP contribution is -2.29. The molecule has 0 bridgehead atoms. The van der Waals surface area contributed by atoms with Crippen molar-refractivity contribution in [1.29, 1.82) is 0 Å². The van der Waals surface area contributed by atoms with Crippen LogP contribution < -0.4 is 26.7 Å². The Morgan fingerprint density at radius 3 is 2.48 bits per heavy atom. The van der Waals surface area contributed by atoms with E-state index in [4.69, 9.17) is 10.5 Å². The second-order valence-corrected chi connectivity index (χ2v) is 8.95. The summed E-state index contributed by atoms with van der Waals surface area (Å²) in [5.74, 6) is -2.11. The topological polar surface area (TPSA) is 144 Å². The summed E-state index contributed by atoms with van der Waals surface area (Å²) in [5.41, 5.74) is 6.40. The van der Waals surface area contributed by atoms with Crippen LogP contribution in [0.3, 0.4) is 0 Å². The number of carbonyl (C=O) groups excluding carboxylic acids is 1. The van der Waals surface area contributed by atoms with Crippen LogP contribution in [0, 0.1) is 11.6 Å². The van der Waals surface area contributed by atoms with E-state index in [0.717, 1.165) is 6.07 Å². The molecule has 0 radical (unpaired) electrons. The van der Waals surface area contributed by atoms with Gasteiger partial charge >= 0.3 is 0 Å². The lowest BCUT2D eigenvalue weighted by Gasteiger charge is -2.14. The number of nitrogens with zero attached hydrogens (tertiary/aromatic N) is 3. The third-order valence-electron chi connectivity index (χ3n) is 6.14. The number of nitrogen functional groups attached to an aromatic ring is 1. The van der Waals surface area contributed by atoms with Gasteiger partial charge in [0.05, 0.1) is 18.0 Å². The maximum absolute atomic E-state index is 15.1. The van der Waals surface area contributed by atoms with E-state index < -0.39 is 23.1 Å². The Bertz CT molecular complexity index is 1840. The monoisotopic (exact) mass is 570 g/mol. The number of aromatic hydroxyl groups is 1. The number of amides is 1. The van der Waals surface area contributed by atoms with E-state index >= 15 is 4.39 Å². The molecule has 1 amide bonds. The van der Waals surface area contributed by atoms with Crippen molar-refractivity contribution in [2.75, 3.05) is 23.0 Å². The Morgan fingerprint density at radius 2 is 1.76 bits per heavy atom. The molecule has 12 heteroatoms. The van der Waals surface area contributed by atoms with E-state index in [9.17, 15) is 19.1 Å². The van der Waals surface area contributed by atoms with Crippen molar-refractivity contribution < 1.29 is 23.4 Å². The third-order valence-corrected chi connectivity index (χ3v) is 6.14. The second kappa shape index (κ2) is 11.8. The summed E-state index contributed by atoms with van der Waals surface area (Å²) < 4.78 is 35.2. The molecule has 0 fully saturated rings. The summed E-state index contributed by atoms with van der Waals surface area (Å²) in [6.45, 7) is 1.87. The largest absolute Gasteiger partial charge is 0.507 e. The number of phenolic OH excluding ortho intramolecular Hbond substituents is 1. The molecule has 3 aromatic carbocycles. The van der Waals surface area contributed by atoms with Crippen molar-refractivity contribution >= 4 is 28.9 Å². The summed E-state index contributed by atoms with van der Waals surface area (Å²) in [7, 11) is 0. The van der Waals surface area contributed by atoms with Crippen LogP contribution in [-0.4, -0.2) is 32.2 Å². The van der Waals surface area contributed by atoms with Gasteiger partial charge in [-0.25, -0.2) is 18.7 Å². The highest BCUT2D eigenvalue weighted by molar-refractivity contribution is 6.06. The average molecular weight is 571 g/mol. The standard InChI is InChI=1S/C30H24F2N6O4/c1-2-42-26-12-14-38(20-7-3-17(31)4-8-20)29(41)27(26)28(40)36-24-9-5-19(16-22(24)32)35-18-6-10-25(39)21(15-18)23-11-13-34-30(33)37-23/h3-16,35,39H,2H2,1H3,(H,36,40)(H2,33,34,37). The van der Waals surface area contributed by atoms with Crippen LogP contribution in [0.4, 0.5) is 31.8 Å². The molecule has 42 heavy (non-hydrogen) atoms. The zero-order chi connectivity index (χ0) is 29.8. The molecule has 0 aliphatic rings. The molecule has 10 nitrogen and oxygen atoms in total. The zero-order valence-electron chi connectivity index (χ0n) is 22.1. The third kappa shape index (κ3) is 5.87. The van der Waals surface area contributed by atoms with Crippen LogP contribution in [-0.2, 0) is 0 Å². The molecular formula is C30H24F2N6O4. The normalized spacial score (nSPS) is 10.7. The molecule has 212 valence electrons. The quantitative estimate of drug-likeness (QED) is 0.185. The van der Waals surface area contributed by atoms with Gasteiger partial charge < -0.3 is 26.2 Å². The predicted octanol–water partition coefficient (Wildman–Crippen LogP) is 5.26. The Kier molecular flexibility index (Phi) is 7.78. The number of ether oxygens (including phenoxy) is 1. The molecule has 2 heterocycles. The second-order valence-electron chi connectivity index (χ2n) is 8.95. The number of nitrogens with two attached hydrogens (primary N) is 1. The molecule has 0 aliphatic carbocycles. The van der Waals surface area contributed by atoms with Gasteiger partial charge in [-0.15, -0.1) is 0 Å². The number of pyridine rings is 1. The number of hydrogen-bond donors (Lipinski definition) is 4. The van der Waals surface area contributed by atoms with Crippen LogP contribution in [0.15, 0.2) is 90.0 Å². The van der Waals surface area contributed by atoms with Gasteiger partial charge in [0.1, 0.15) is 28.7 Å². The first-order valence-electron chi connectivity index (χ1n) is 12.7. The summed E-state index contributed by atoms with van der Waals surface area (Å²) in [4.78, 5) is 34.5. The lowest BCUT2D eigenvalue weighted by atomic mass is 10.1. The highest BCUT2D eigenvalue weighted by Gasteiger charge is 2.21. The average Bonchev–Trinajstić information content (AvgIpc) is 2.96. The smallest absolute Gasteiger partial charge is 0.271 e. The summed E-state index contributed by atoms with van der Waals surface area (Å²) in [6.07, 6.45) is 2.87. The van der Waals surface area contributed by atoms with E-state index in [1.54, 1.807) is 25.1 Å². The number of halogens is 2. The van der Waals surface area contributed by atoms with E-state index in [2.05, 4.69) is 20.6 Å². The Labute approximate surface area is 238 Å². The summed E-state index contributed by atoms with van der Waals surface area (Å²) in [5, 5.41) is 15.8. The molecule has 5 N–H and O–H groups in total. The fourth-order valence-electron chi connectivity index (χ4n) is 4.20. The number of phenols is 1. The van der Waals surface area contributed by atoms with E-state index in [0.29, 0.717) is 28.3 Å². The first-order valence-corrected chi connectivity index (χ1v) is 12.7. The lowest BCUT2D eigenvalue weighted by molar-refractivity contribution is 0.102. The van der Waals surface area contributed by atoms with Crippen molar-refractivity contribution in [3.05, 3.63) is 113 Å². The minimum atomic E-state index is -0.883. The number of anilines is 4. The number of rotatable bonds is 8. The van der Waals surface area contributed by atoms with Gasteiger partial charge in [0.2, 0.25) is 5.95 Å². The zero-order valence-corrected chi connectivity index (χ0v) is 22.1.